The third-order valence-electron chi connectivity index (χ3n) is 5.47. The van der Waals surface area contributed by atoms with Crippen LogP contribution in [0.4, 0.5) is 5.82 Å². The first-order valence-electron chi connectivity index (χ1n) is 9.84. The number of carbonyl (C=O) groups is 1. The van der Waals surface area contributed by atoms with Gasteiger partial charge in [0.05, 0.1) is 12.2 Å². The minimum atomic E-state index is 0.00274. The number of amides is 1. The second-order valence-corrected chi connectivity index (χ2v) is 7.27. The summed E-state index contributed by atoms with van der Waals surface area (Å²) in [6.45, 7) is 1.97. The lowest BCUT2D eigenvalue weighted by Crippen LogP contribution is -2.40. The lowest BCUT2D eigenvalue weighted by Gasteiger charge is -2.31. The molecular formula is C22H21N5O2. The summed E-state index contributed by atoms with van der Waals surface area (Å²) in [7, 11) is 0. The minimum Gasteiger partial charge on any atom is -0.450 e. The number of hydrogen-bond acceptors (Lipinski definition) is 6. The fourth-order valence-electron chi connectivity index (χ4n) is 3.91. The van der Waals surface area contributed by atoms with Crippen molar-refractivity contribution in [3.05, 3.63) is 60.7 Å². The minimum absolute atomic E-state index is 0.00274. The Morgan fingerprint density at radius 3 is 2.72 bits per heavy atom. The molecule has 1 N–H and O–H groups in total. The van der Waals surface area contributed by atoms with Gasteiger partial charge in [0, 0.05) is 30.6 Å². The summed E-state index contributed by atoms with van der Waals surface area (Å²) in [5.74, 6) is 0.897. The van der Waals surface area contributed by atoms with Crippen LogP contribution in [-0.2, 0) is 11.3 Å². The van der Waals surface area contributed by atoms with Gasteiger partial charge < -0.3 is 14.6 Å². The Morgan fingerprint density at radius 1 is 1.07 bits per heavy atom. The topological polar surface area (TPSA) is 84.2 Å². The van der Waals surface area contributed by atoms with Gasteiger partial charge >= 0.3 is 0 Å². The smallest absolute Gasteiger partial charge is 0.223 e. The molecule has 0 saturated carbocycles. The van der Waals surface area contributed by atoms with Crippen LogP contribution in [0.3, 0.4) is 0 Å². The Morgan fingerprint density at radius 2 is 1.90 bits per heavy atom. The highest BCUT2D eigenvalue weighted by molar-refractivity contribution is 6.05. The van der Waals surface area contributed by atoms with Crippen LogP contribution in [0.15, 0.2) is 59.4 Å². The molecule has 5 rings (SSSR count). The van der Waals surface area contributed by atoms with Gasteiger partial charge in [-0.2, -0.15) is 0 Å². The summed E-state index contributed by atoms with van der Waals surface area (Å²) in [6.07, 6.45) is 4.88. The third-order valence-corrected chi connectivity index (χ3v) is 5.47. The number of pyridine rings is 1. The molecule has 7 heteroatoms. The van der Waals surface area contributed by atoms with Crippen molar-refractivity contribution in [2.75, 3.05) is 18.0 Å². The average Bonchev–Trinajstić information content (AvgIpc) is 3.17. The number of hydrogen-bond donors (Lipinski definition) is 1. The molecule has 1 aromatic carbocycles. The number of nitrogens with one attached hydrogen (secondary N) is 1. The van der Waals surface area contributed by atoms with Crippen molar-refractivity contribution in [2.24, 2.45) is 5.92 Å². The molecule has 4 aromatic rings. The summed E-state index contributed by atoms with van der Waals surface area (Å²) in [5, 5.41) is 4.00. The third kappa shape index (κ3) is 3.40. The van der Waals surface area contributed by atoms with Crippen LogP contribution >= 0.6 is 0 Å². The van der Waals surface area contributed by atoms with Crippen molar-refractivity contribution < 1.29 is 9.21 Å². The number of furan rings is 1. The predicted octanol–water partition coefficient (Wildman–Crippen LogP) is 3.30. The SMILES string of the molecule is O=C(NCc1ccccn1)C1CCN(c2ncnc3c2oc2ccccc23)CC1. The molecule has 146 valence electrons. The number of piperidine rings is 1. The Balaban J connectivity index is 1.28. The highest BCUT2D eigenvalue weighted by Crippen LogP contribution is 2.33. The van der Waals surface area contributed by atoms with Crippen LogP contribution in [0.5, 0.6) is 0 Å². The molecule has 0 bridgehead atoms. The van der Waals surface area contributed by atoms with Gasteiger partial charge in [-0.15, -0.1) is 0 Å². The Kier molecular flexibility index (Phi) is 4.56. The summed E-state index contributed by atoms with van der Waals surface area (Å²) in [5.41, 5.74) is 3.23. The predicted molar refractivity (Wildman–Crippen MR) is 110 cm³/mol. The molecule has 1 fully saturated rings. The average molecular weight is 387 g/mol. The molecule has 0 spiro atoms. The van der Waals surface area contributed by atoms with E-state index in [4.69, 9.17) is 4.42 Å². The van der Waals surface area contributed by atoms with E-state index < -0.39 is 0 Å². The van der Waals surface area contributed by atoms with Crippen molar-refractivity contribution in [1.82, 2.24) is 20.3 Å². The van der Waals surface area contributed by atoms with E-state index >= 15 is 0 Å². The molecule has 0 aliphatic carbocycles. The second-order valence-electron chi connectivity index (χ2n) is 7.27. The molecule has 0 atom stereocenters. The zero-order valence-electron chi connectivity index (χ0n) is 15.9. The van der Waals surface area contributed by atoms with E-state index in [0.717, 1.165) is 53.9 Å². The van der Waals surface area contributed by atoms with Crippen molar-refractivity contribution in [2.45, 2.75) is 19.4 Å². The quantitative estimate of drug-likeness (QED) is 0.578. The number of nitrogens with zero attached hydrogens (tertiary/aromatic N) is 4. The lowest BCUT2D eigenvalue weighted by atomic mass is 9.96. The largest absolute Gasteiger partial charge is 0.450 e. The Bertz CT molecular complexity index is 1150. The fourth-order valence-corrected chi connectivity index (χ4v) is 3.91. The Labute approximate surface area is 167 Å². The number of anilines is 1. The van der Waals surface area contributed by atoms with E-state index in [1.807, 2.05) is 42.5 Å². The summed E-state index contributed by atoms with van der Waals surface area (Å²) in [6, 6.07) is 13.6. The zero-order chi connectivity index (χ0) is 19.6. The molecule has 4 heterocycles. The van der Waals surface area contributed by atoms with E-state index in [2.05, 4.69) is 25.2 Å². The highest BCUT2D eigenvalue weighted by Gasteiger charge is 2.27. The van der Waals surface area contributed by atoms with Crippen LogP contribution in [-0.4, -0.2) is 33.9 Å². The van der Waals surface area contributed by atoms with Gasteiger partial charge in [0.25, 0.3) is 0 Å². The van der Waals surface area contributed by atoms with Gasteiger partial charge in [-0.3, -0.25) is 9.78 Å². The number of carbonyl (C=O) groups excluding carboxylic acids is 1. The van der Waals surface area contributed by atoms with Gasteiger partial charge in [-0.1, -0.05) is 18.2 Å². The standard InChI is InChI=1S/C22H21N5O2/c28-22(24-13-16-5-3-4-10-23-16)15-8-11-27(12-9-15)21-20-19(25-14-26-21)17-6-1-2-7-18(17)29-20/h1-7,10,14-15H,8-9,11-13H2,(H,24,28). The van der Waals surface area contributed by atoms with Crippen LogP contribution in [0, 0.1) is 5.92 Å². The monoisotopic (exact) mass is 387 g/mol. The van der Waals surface area contributed by atoms with Crippen molar-refractivity contribution >= 4 is 33.8 Å². The molecular weight excluding hydrogens is 366 g/mol. The molecule has 1 aliphatic heterocycles. The summed E-state index contributed by atoms with van der Waals surface area (Å²) in [4.78, 5) is 27.9. The van der Waals surface area contributed by atoms with E-state index in [1.165, 1.54) is 0 Å². The number of aromatic nitrogens is 3. The Hall–Kier alpha value is -3.48. The molecule has 1 amide bonds. The molecule has 7 nitrogen and oxygen atoms in total. The van der Waals surface area contributed by atoms with Crippen LogP contribution in [0.1, 0.15) is 18.5 Å². The van der Waals surface area contributed by atoms with E-state index in [-0.39, 0.29) is 11.8 Å². The first-order chi connectivity index (χ1) is 14.3. The van der Waals surface area contributed by atoms with Crippen molar-refractivity contribution in [3.8, 4) is 0 Å². The van der Waals surface area contributed by atoms with Crippen molar-refractivity contribution in [3.63, 3.8) is 0 Å². The van der Waals surface area contributed by atoms with E-state index in [0.29, 0.717) is 12.1 Å². The first-order valence-corrected chi connectivity index (χ1v) is 9.84. The normalized spacial score (nSPS) is 15.1. The van der Waals surface area contributed by atoms with Crippen LogP contribution in [0.2, 0.25) is 0 Å². The number of rotatable bonds is 4. The maximum Gasteiger partial charge on any atom is 0.223 e. The second kappa shape index (κ2) is 7.50. The summed E-state index contributed by atoms with van der Waals surface area (Å²) < 4.78 is 6.05. The number of benzene rings is 1. The molecule has 0 radical (unpaired) electrons. The fraction of sp³-hybridized carbons (Fsp3) is 0.273. The van der Waals surface area contributed by atoms with Crippen LogP contribution in [0.25, 0.3) is 22.1 Å². The molecule has 0 unspecified atom stereocenters. The van der Waals surface area contributed by atoms with Gasteiger partial charge in [0.15, 0.2) is 11.4 Å². The lowest BCUT2D eigenvalue weighted by molar-refractivity contribution is -0.125. The van der Waals surface area contributed by atoms with Crippen molar-refractivity contribution in [1.29, 1.82) is 0 Å². The van der Waals surface area contributed by atoms with Gasteiger partial charge in [-0.25, -0.2) is 9.97 Å². The van der Waals surface area contributed by atoms with Gasteiger partial charge in [0.1, 0.15) is 17.4 Å². The number of para-hydroxylation sites is 1. The maximum absolute atomic E-state index is 12.5. The zero-order valence-corrected chi connectivity index (χ0v) is 15.9. The van der Waals surface area contributed by atoms with E-state index in [1.54, 1.807) is 12.5 Å². The number of fused-ring (bicyclic) bond motifs is 3. The maximum atomic E-state index is 12.5. The molecule has 1 aliphatic rings. The van der Waals surface area contributed by atoms with Gasteiger partial charge in [0.2, 0.25) is 5.91 Å². The van der Waals surface area contributed by atoms with Gasteiger partial charge in [-0.05, 0) is 37.1 Å². The summed E-state index contributed by atoms with van der Waals surface area (Å²) >= 11 is 0. The van der Waals surface area contributed by atoms with E-state index in [9.17, 15) is 4.79 Å². The molecule has 3 aromatic heterocycles. The van der Waals surface area contributed by atoms with Crippen LogP contribution < -0.4 is 10.2 Å². The molecule has 1 saturated heterocycles. The molecule has 29 heavy (non-hydrogen) atoms. The highest BCUT2D eigenvalue weighted by atomic mass is 16.3. The first kappa shape index (κ1) is 17.6.